The number of nitrogens with one attached hydrogen (secondary N) is 2. The molecule has 1 aliphatic carbocycles. The molecule has 1 fully saturated rings. The van der Waals surface area contributed by atoms with Crippen molar-refractivity contribution in [2.45, 2.75) is 37.8 Å². The maximum Gasteiger partial charge on any atom is 0.337 e. The molecule has 0 unspecified atom stereocenters. The molecule has 0 radical (unpaired) electrons. The zero-order chi connectivity index (χ0) is 20.6. The first-order valence-corrected chi connectivity index (χ1v) is 9.59. The van der Waals surface area contributed by atoms with Crippen LogP contribution >= 0.6 is 0 Å². The minimum atomic E-state index is -0.404. The van der Waals surface area contributed by atoms with Crippen molar-refractivity contribution in [3.8, 4) is 11.8 Å². The number of esters is 1. The normalized spacial score (nSPS) is 18.1. The number of hydrogen-bond donors (Lipinski definition) is 3. The van der Waals surface area contributed by atoms with Crippen LogP contribution in [0, 0.1) is 11.8 Å². The van der Waals surface area contributed by atoms with Crippen molar-refractivity contribution >= 4 is 17.7 Å². The molecule has 0 bridgehead atoms. The fourth-order valence-electron chi connectivity index (χ4n) is 3.23. The number of methoxy groups -OCH3 is 1. The highest BCUT2D eigenvalue weighted by molar-refractivity contribution is 5.90. The van der Waals surface area contributed by atoms with Crippen LogP contribution in [0.2, 0.25) is 0 Å². The Morgan fingerprint density at radius 1 is 1.00 bits per heavy atom. The molecule has 2 aromatic carbocycles. The number of aliphatic hydroxyl groups excluding tert-OH is 1. The molecular weight excluding hydrogens is 368 g/mol. The number of carbonyl (C=O) groups is 2. The quantitative estimate of drug-likeness (QED) is 0.552. The van der Waals surface area contributed by atoms with Crippen molar-refractivity contribution in [3.05, 3.63) is 65.2 Å². The lowest BCUT2D eigenvalue weighted by Gasteiger charge is -2.26. The molecule has 0 saturated heterocycles. The van der Waals surface area contributed by atoms with Gasteiger partial charge in [0.1, 0.15) is 0 Å². The van der Waals surface area contributed by atoms with Gasteiger partial charge >= 0.3 is 12.0 Å². The van der Waals surface area contributed by atoms with E-state index < -0.39 is 5.97 Å². The van der Waals surface area contributed by atoms with Crippen molar-refractivity contribution in [3.63, 3.8) is 0 Å². The van der Waals surface area contributed by atoms with E-state index in [2.05, 4.69) is 22.5 Å². The van der Waals surface area contributed by atoms with Gasteiger partial charge in [-0.1, -0.05) is 24.0 Å². The van der Waals surface area contributed by atoms with Gasteiger partial charge in [-0.15, -0.1) is 0 Å². The first-order valence-electron chi connectivity index (χ1n) is 9.59. The summed E-state index contributed by atoms with van der Waals surface area (Å²) in [6, 6.07) is 14.0. The molecule has 0 atom stereocenters. The van der Waals surface area contributed by atoms with Crippen LogP contribution in [0.3, 0.4) is 0 Å². The van der Waals surface area contributed by atoms with Gasteiger partial charge in [0, 0.05) is 22.9 Å². The van der Waals surface area contributed by atoms with Gasteiger partial charge in [-0.25, -0.2) is 9.59 Å². The number of urea groups is 1. The number of amides is 2. The van der Waals surface area contributed by atoms with Crippen LogP contribution in [-0.2, 0) is 4.74 Å². The Morgan fingerprint density at radius 2 is 1.66 bits per heavy atom. The summed E-state index contributed by atoms with van der Waals surface area (Å²) in [6.45, 7) is 0. The molecule has 1 aliphatic rings. The summed E-state index contributed by atoms with van der Waals surface area (Å²) in [6.07, 6.45) is 2.75. The summed E-state index contributed by atoms with van der Waals surface area (Å²) in [7, 11) is 1.34. The second-order valence-corrected chi connectivity index (χ2v) is 7.01. The average molecular weight is 392 g/mol. The minimum absolute atomic E-state index is 0.0865. The number of aliphatic hydroxyl groups is 1. The lowest BCUT2D eigenvalue weighted by atomic mass is 9.93. The molecule has 0 spiro atoms. The van der Waals surface area contributed by atoms with Crippen LogP contribution in [-0.4, -0.2) is 36.4 Å². The van der Waals surface area contributed by atoms with E-state index in [0.29, 0.717) is 29.7 Å². The van der Waals surface area contributed by atoms with Crippen LogP contribution in [0.5, 0.6) is 0 Å². The number of anilines is 1. The summed E-state index contributed by atoms with van der Waals surface area (Å²) >= 11 is 0. The summed E-state index contributed by atoms with van der Waals surface area (Å²) in [4.78, 5) is 23.8. The largest absolute Gasteiger partial charge is 0.465 e. The standard InChI is InChI=1S/C23H24N2O4/c1-29-22(27)18-6-2-4-16(14-18)8-9-17-5-3-7-20(15-17)25-23(28)24-19-10-12-21(26)13-11-19/h2-7,14-15,19,21,26H,10-13H2,1H3,(H2,24,25,28). The highest BCUT2D eigenvalue weighted by Crippen LogP contribution is 2.18. The fraction of sp³-hybridized carbons (Fsp3) is 0.304. The van der Waals surface area contributed by atoms with Gasteiger partial charge in [-0.2, -0.15) is 0 Å². The smallest absolute Gasteiger partial charge is 0.337 e. The van der Waals surface area contributed by atoms with E-state index in [1.807, 2.05) is 18.2 Å². The first-order chi connectivity index (χ1) is 14.0. The van der Waals surface area contributed by atoms with Gasteiger partial charge in [0.15, 0.2) is 0 Å². The molecule has 150 valence electrons. The highest BCUT2D eigenvalue weighted by atomic mass is 16.5. The van der Waals surface area contributed by atoms with Gasteiger partial charge in [0.05, 0.1) is 18.8 Å². The van der Waals surface area contributed by atoms with Crippen molar-refractivity contribution in [2.24, 2.45) is 0 Å². The molecule has 3 rings (SSSR count). The predicted molar refractivity (Wildman–Crippen MR) is 111 cm³/mol. The Bertz CT molecular complexity index is 937. The molecule has 1 saturated carbocycles. The lowest BCUT2D eigenvalue weighted by Crippen LogP contribution is -2.40. The lowest BCUT2D eigenvalue weighted by molar-refractivity contribution is 0.0600. The van der Waals surface area contributed by atoms with E-state index in [0.717, 1.165) is 18.4 Å². The number of hydrogen-bond acceptors (Lipinski definition) is 4. The SMILES string of the molecule is COC(=O)c1cccc(C#Cc2cccc(NC(=O)NC3CCC(O)CC3)c2)c1. The second-order valence-electron chi connectivity index (χ2n) is 7.01. The van der Waals surface area contributed by atoms with Gasteiger partial charge in [-0.3, -0.25) is 0 Å². The summed E-state index contributed by atoms with van der Waals surface area (Å²) in [5.41, 5.74) is 2.53. The second kappa shape index (κ2) is 9.76. The van der Waals surface area contributed by atoms with E-state index in [4.69, 9.17) is 4.74 Å². The summed E-state index contributed by atoms with van der Waals surface area (Å²) in [5.74, 6) is 5.66. The number of carbonyl (C=O) groups excluding carboxylic acids is 2. The minimum Gasteiger partial charge on any atom is -0.465 e. The molecule has 2 aromatic rings. The Kier molecular flexibility index (Phi) is 6.88. The van der Waals surface area contributed by atoms with Crippen LogP contribution in [0.1, 0.15) is 47.2 Å². The number of rotatable bonds is 3. The van der Waals surface area contributed by atoms with Crippen molar-refractivity contribution < 1.29 is 19.4 Å². The van der Waals surface area contributed by atoms with Crippen LogP contribution in [0.4, 0.5) is 10.5 Å². The summed E-state index contributed by atoms with van der Waals surface area (Å²) in [5, 5.41) is 15.3. The zero-order valence-corrected chi connectivity index (χ0v) is 16.3. The molecule has 6 nitrogen and oxygen atoms in total. The van der Waals surface area contributed by atoms with E-state index >= 15 is 0 Å². The van der Waals surface area contributed by atoms with Crippen molar-refractivity contribution in [2.75, 3.05) is 12.4 Å². The Labute approximate surface area is 170 Å². The van der Waals surface area contributed by atoms with E-state index in [-0.39, 0.29) is 18.2 Å². The van der Waals surface area contributed by atoms with E-state index in [1.165, 1.54) is 7.11 Å². The van der Waals surface area contributed by atoms with Gasteiger partial charge in [-0.05, 0) is 62.1 Å². The van der Waals surface area contributed by atoms with E-state index in [9.17, 15) is 14.7 Å². The fourth-order valence-corrected chi connectivity index (χ4v) is 3.23. The molecule has 0 aromatic heterocycles. The maximum atomic E-state index is 12.2. The Morgan fingerprint density at radius 3 is 2.34 bits per heavy atom. The Balaban J connectivity index is 1.62. The van der Waals surface area contributed by atoms with Crippen LogP contribution in [0.25, 0.3) is 0 Å². The molecule has 29 heavy (non-hydrogen) atoms. The molecule has 0 aliphatic heterocycles. The third-order valence-corrected chi connectivity index (χ3v) is 4.79. The highest BCUT2D eigenvalue weighted by Gasteiger charge is 2.20. The van der Waals surface area contributed by atoms with Gasteiger partial charge < -0.3 is 20.5 Å². The molecule has 0 heterocycles. The van der Waals surface area contributed by atoms with Gasteiger partial charge in [0.2, 0.25) is 0 Å². The van der Waals surface area contributed by atoms with Crippen molar-refractivity contribution in [1.82, 2.24) is 5.32 Å². The van der Waals surface area contributed by atoms with Crippen LogP contribution in [0.15, 0.2) is 48.5 Å². The third kappa shape index (κ3) is 6.09. The van der Waals surface area contributed by atoms with E-state index in [1.54, 1.807) is 30.3 Å². The summed E-state index contributed by atoms with van der Waals surface area (Å²) < 4.78 is 4.72. The maximum absolute atomic E-state index is 12.2. The predicted octanol–water partition coefficient (Wildman–Crippen LogP) is 3.30. The zero-order valence-electron chi connectivity index (χ0n) is 16.3. The monoisotopic (exact) mass is 392 g/mol. The number of ether oxygens (including phenoxy) is 1. The van der Waals surface area contributed by atoms with Crippen molar-refractivity contribution in [1.29, 1.82) is 0 Å². The molecule has 3 N–H and O–H groups in total. The van der Waals surface area contributed by atoms with Gasteiger partial charge in [0.25, 0.3) is 0 Å². The molecular formula is C23H24N2O4. The number of benzene rings is 2. The topological polar surface area (TPSA) is 87.7 Å². The third-order valence-electron chi connectivity index (χ3n) is 4.79. The average Bonchev–Trinajstić information content (AvgIpc) is 2.74. The molecule has 2 amide bonds. The Hall–Kier alpha value is -3.30. The first kappa shape index (κ1) is 20.4. The molecule has 6 heteroatoms. The van der Waals surface area contributed by atoms with Crippen LogP contribution < -0.4 is 10.6 Å².